The molecule has 0 atom stereocenters. The Kier molecular flexibility index (Phi) is 5.77. The maximum absolute atomic E-state index is 12.2. The molecular formula is C13H16Cl3NO. The van der Waals surface area contributed by atoms with Crippen molar-refractivity contribution in [3.63, 3.8) is 0 Å². The number of hydrogen-bond acceptors (Lipinski definition) is 1. The average Bonchev–Trinajstić information content (AvgIpc) is 2.36. The highest BCUT2D eigenvalue weighted by Gasteiger charge is 2.28. The first-order chi connectivity index (χ1) is 8.48. The van der Waals surface area contributed by atoms with Crippen molar-refractivity contribution < 1.29 is 4.79 Å². The molecule has 0 fully saturated rings. The topological polar surface area (TPSA) is 29.1 Å². The number of alkyl halides is 1. The van der Waals surface area contributed by atoms with E-state index >= 15 is 0 Å². The molecule has 0 unspecified atom stereocenters. The van der Waals surface area contributed by atoms with Crippen LogP contribution < -0.4 is 5.32 Å². The third-order valence-corrected chi connectivity index (χ3v) is 4.22. The van der Waals surface area contributed by atoms with Crippen molar-refractivity contribution >= 4 is 40.7 Å². The molecule has 0 saturated heterocycles. The van der Waals surface area contributed by atoms with Crippen molar-refractivity contribution in [2.75, 3.05) is 5.88 Å². The molecule has 1 N–H and O–H groups in total. The Morgan fingerprint density at radius 2 is 1.89 bits per heavy atom. The summed E-state index contributed by atoms with van der Waals surface area (Å²) in [6, 6.07) is 4.81. The highest BCUT2D eigenvalue weighted by Crippen LogP contribution is 2.23. The maximum atomic E-state index is 12.2. The van der Waals surface area contributed by atoms with E-state index in [2.05, 4.69) is 5.32 Å². The zero-order valence-electron chi connectivity index (χ0n) is 10.4. The largest absolute Gasteiger partial charge is 0.345 e. The van der Waals surface area contributed by atoms with Gasteiger partial charge in [-0.1, -0.05) is 37.0 Å². The average molecular weight is 309 g/mol. The van der Waals surface area contributed by atoms with E-state index in [-0.39, 0.29) is 11.4 Å². The Morgan fingerprint density at radius 1 is 1.28 bits per heavy atom. The van der Waals surface area contributed by atoms with Crippen LogP contribution in [0.2, 0.25) is 10.0 Å². The Balaban J connectivity index is 2.94. The van der Waals surface area contributed by atoms with Gasteiger partial charge in [0.1, 0.15) is 0 Å². The summed E-state index contributed by atoms with van der Waals surface area (Å²) in [5, 5.41) is 3.81. The van der Waals surface area contributed by atoms with Gasteiger partial charge in [0.25, 0.3) is 5.91 Å². The Morgan fingerprint density at radius 3 is 2.33 bits per heavy atom. The van der Waals surface area contributed by atoms with Crippen molar-refractivity contribution in [1.82, 2.24) is 5.32 Å². The van der Waals surface area contributed by atoms with Gasteiger partial charge in [0, 0.05) is 10.9 Å². The lowest BCUT2D eigenvalue weighted by Crippen LogP contribution is -2.49. The number of rotatable bonds is 5. The van der Waals surface area contributed by atoms with Gasteiger partial charge in [-0.3, -0.25) is 4.79 Å². The first-order valence-electron chi connectivity index (χ1n) is 5.81. The smallest absolute Gasteiger partial charge is 0.253 e. The lowest BCUT2D eigenvalue weighted by atomic mass is 9.94. The minimum absolute atomic E-state index is 0.221. The van der Waals surface area contributed by atoms with Gasteiger partial charge >= 0.3 is 0 Å². The quantitative estimate of drug-likeness (QED) is 0.796. The van der Waals surface area contributed by atoms with E-state index in [1.54, 1.807) is 18.2 Å². The van der Waals surface area contributed by atoms with E-state index in [4.69, 9.17) is 34.8 Å². The highest BCUT2D eigenvalue weighted by atomic mass is 35.5. The lowest BCUT2D eigenvalue weighted by Gasteiger charge is -2.30. The first-order valence-corrected chi connectivity index (χ1v) is 7.10. The number of carbonyl (C=O) groups excluding carboxylic acids is 1. The minimum Gasteiger partial charge on any atom is -0.345 e. The fourth-order valence-corrected chi connectivity index (χ4v) is 2.57. The van der Waals surface area contributed by atoms with Crippen LogP contribution >= 0.6 is 34.8 Å². The summed E-state index contributed by atoms with van der Waals surface area (Å²) in [4.78, 5) is 12.2. The van der Waals surface area contributed by atoms with Gasteiger partial charge in [0.2, 0.25) is 0 Å². The minimum atomic E-state index is -0.387. The van der Waals surface area contributed by atoms with Gasteiger partial charge in [-0.2, -0.15) is 0 Å². The molecular weight excluding hydrogens is 293 g/mol. The Hall–Kier alpha value is -0.440. The Labute approximate surface area is 123 Å². The summed E-state index contributed by atoms with van der Waals surface area (Å²) in [7, 11) is 0. The molecule has 0 aliphatic carbocycles. The van der Waals surface area contributed by atoms with Gasteiger partial charge in [-0.25, -0.2) is 0 Å². The molecule has 1 amide bonds. The van der Waals surface area contributed by atoms with E-state index in [9.17, 15) is 4.79 Å². The third kappa shape index (κ3) is 3.53. The van der Waals surface area contributed by atoms with Crippen LogP contribution in [-0.2, 0) is 0 Å². The molecule has 100 valence electrons. The van der Waals surface area contributed by atoms with Crippen molar-refractivity contribution in [2.24, 2.45) is 0 Å². The molecule has 2 nitrogen and oxygen atoms in total. The number of benzene rings is 1. The van der Waals surface area contributed by atoms with Crippen LogP contribution in [0.3, 0.4) is 0 Å². The molecule has 1 aromatic rings. The fraction of sp³-hybridized carbons (Fsp3) is 0.462. The number of carbonyl (C=O) groups is 1. The molecule has 0 spiro atoms. The number of nitrogens with one attached hydrogen (secondary N) is 1. The van der Waals surface area contributed by atoms with Crippen LogP contribution in [0.25, 0.3) is 0 Å². The first kappa shape index (κ1) is 15.6. The van der Waals surface area contributed by atoms with Crippen LogP contribution in [0.4, 0.5) is 0 Å². The lowest BCUT2D eigenvalue weighted by molar-refractivity contribution is 0.0902. The molecule has 0 aliphatic heterocycles. The Bertz CT molecular complexity index is 422. The zero-order valence-corrected chi connectivity index (χ0v) is 12.7. The molecule has 5 heteroatoms. The molecule has 0 aromatic heterocycles. The number of hydrogen-bond donors (Lipinski definition) is 1. The number of halogens is 3. The highest BCUT2D eigenvalue weighted by molar-refractivity contribution is 6.36. The molecule has 1 aromatic carbocycles. The monoisotopic (exact) mass is 307 g/mol. The summed E-state index contributed by atoms with van der Waals surface area (Å²) in [5.74, 6) is 0.151. The summed E-state index contributed by atoms with van der Waals surface area (Å²) in [6.07, 6.45) is 1.54. The van der Waals surface area contributed by atoms with Crippen LogP contribution in [0.1, 0.15) is 37.0 Å². The van der Waals surface area contributed by atoms with Crippen molar-refractivity contribution in [2.45, 2.75) is 32.2 Å². The van der Waals surface area contributed by atoms with Crippen molar-refractivity contribution in [3.05, 3.63) is 33.8 Å². The maximum Gasteiger partial charge on any atom is 0.253 e. The predicted molar refractivity (Wildman–Crippen MR) is 78.0 cm³/mol. The second-order valence-electron chi connectivity index (χ2n) is 4.20. The molecule has 0 radical (unpaired) electrons. The molecule has 0 heterocycles. The van der Waals surface area contributed by atoms with E-state index in [0.29, 0.717) is 21.5 Å². The van der Waals surface area contributed by atoms with Gasteiger partial charge in [0.05, 0.1) is 16.1 Å². The van der Waals surface area contributed by atoms with Crippen molar-refractivity contribution in [1.29, 1.82) is 0 Å². The third-order valence-electron chi connectivity index (χ3n) is 3.16. The van der Waals surface area contributed by atoms with E-state index in [1.165, 1.54) is 0 Å². The fourth-order valence-electron chi connectivity index (χ4n) is 1.63. The molecule has 1 rings (SSSR count). The normalized spacial score (nSPS) is 11.4. The predicted octanol–water partition coefficient (Wildman–Crippen LogP) is 4.52. The van der Waals surface area contributed by atoms with Gasteiger partial charge < -0.3 is 5.32 Å². The number of amides is 1. The molecule has 18 heavy (non-hydrogen) atoms. The summed E-state index contributed by atoms with van der Waals surface area (Å²) in [6.45, 7) is 3.99. The van der Waals surface area contributed by atoms with Gasteiger partial charge in [0.15, 0.2) is 0 Å². The van der Waals surface area contributed by atoms with Gasteiger partial charge in [-0.05, 0) is 31.0 Å². The van der Waals surface area contributed by atoms with E-state index in [1.807, 2.05) is 13.8 Å². The van der Waals surface area contributed by atoms with Crippen molar-refractivity contribution in [3.8, 4) is 0 Å². The van der Waals surface area contributed by atoms with Crippen LogP contribution in [0.15, 0.2) is 18.2 Å². The summed E-state index contributed by atoms with van der Waals surface area (Å²) in [5.41, 5.74) is 0.0270. The second kappa shape index (κ2) is 6.65. The molecule has 0 bridgehead atoms. The summed E-state index contributed by atoms with van der Waals surface area (Å²) < 4.78 is 0. The standard InChI is InChI=1S/C13H16Cl3NO/c1-3-13(4-2,8-14)17-12(18)10-6-5-9(15)7-11(10)16/h5-7H,3-4,8H2,1-2H3,(H,17,18). The van der Waals surface area contributed by atoms with E-state index in [0.717, 1.165) is 12.8 Å². The second-order valence-corrected chi connectivity index (χ2v) is 5.31. The SMILES string of the molecule is CCC(CC)(CCl)NC(=O)c1ccc(Cl)cc1Cl. The molecule has 0 saturated carbocycles. The van der Waals surface area contributed by atoms with Gasteiger partial charge in [-0.15, -0.1) is 11.6 Å². The van der Waals surface area contributed by atoms with Crippen LogP contribution in [0.5, 0.6) is 0 Å². The summed E-state index contributed by atoms with van der Waals surface area (Å²) >= 11 is 17.8. The zero-order chi connectivity index (χ0) is 13.8. The van der Waals surface area contributed by atoms with Crippen LogP contribution in [-0.4, -0.2) is 17.3 Å². The van der Waals surface area contributed by atoms with Crippen LogP contribution in [0, 0.1) is 0 Å². The van der Waals surface area contributed by atoms with E-state index < -0.39 is 0 Å². The molecule has 0 aliphatic rings.